The predicted molar refractivity (Wildman–Crippen MR) is 125 cm³/mol. The average molecular weight is 480 g/mol. The monoisotopic (exact) mass is 479 g/mol. The van der Waals surface area contributed by atoms with Gasteiger partial charge in [-0.1, -0.05) is 54.4 Å². The van der Waals surface area contributed by atoms with Gasteiger partial charge in [-0.2, -0.15) is 0 Å². The van der Waals surface area contributed by atoms with Crippen LogP contribution in [0, 0.1) is 35.0 Å². The Labute approximate surface area is 202 Å². The third-order valence-corrected chi connectivity index (χ3v) is 7.95. The lowest BCUT2D eigenvalue weighted by Crippen LogP contribution is -2.59. The maximum absolute atomic E-state index is 13.6. The fraction of sp³-hybridized carbons (Fsp3) is 0.840. The molecule has 0 aromatic carbocycles. The zero-order valence-corrected chi connectivity index (χ0v) is 21.5. The second-order valence-corrected chi connectivity index (χ2v) is 11.5. The number of likely N-dealkylation sites (tertiary alicyclic amines) is 1. The van der Waals surface area contributed by atoms with Crippen LogP contribution in [0.1, 0.15) is 60.8 Å². The summed E-state index contributed by atoms with van der Waals surface area (Å²) in [5, 5.41) is 16.2. The SMILES string of the molecule is COC(=O)C(O)C(CC1CC1)NC(=O)[C@@H]1[C@@H]2[C@H](CN1C(=O)C(NC(=O)C(C)C)C(C)C)C2(C)C. The van der Waals surface area contributed by atoms with Crippen LogP contribution in [0.25, 0.3) is 0 Å². The van der Waals surface area contributed by atoms with Crippen LogP contribution < -0.4 is 10.6 Å². The number of fused-ring (bicyclic) bond motifs is 1. The smallest absolute Gasteiger partial charge is 0.336 e. The fourth-order valence-corrected chi connectivity index (χ4v) is 5.36. The van der Waals surface area contributed by atoms with Gasteiger partial charge in [0.25, 0.3) is 0 Å². The summed E-state index contributed by atoms with van der Waals surface area (Å²) in [7, 11) is 1.20. The van der Waals surface area contributed by atoms with Gasteiger partial charge in [-0.05, 0) is 35.5 Å². The summed E-state index contributed by atoms with van der Waals surface area (Å²) >= 11 is 0. The van der Waals surface area contributed by atoms with Crippen LogP contribution in [-0.2, 0) is 23.9 Å². The Balaban J connectivity index is 1.81. The molecule has 9 heteroatoms. The minimum atomic E-state index is -1.46. The molecule has 3 unspecified atom stereocenters. The molecule has 192 valence electrons. The Morgan fingerprint density at radius 2 is 1.71 bits per heavy atom. The van der Waals surface area contributed by atoms with E-state index < -0.39 is 30.2 Å². The predicted octanol–water partition coefficient (Wildman–Crippen LogP) is 1.09. The lowest BCUT2D eigenvalue weighted by atomic mass is 9.96. The molecule has 3 amide bonds. The van der Waals surface area contributed by atoms with Crippen LogP contribution >= 0.6 is 0 Å². The van der Waals surface area contributed by atoms with Crippen molar-refractivity contribution in [2.75, 3.05) is 13.7 Å². The Morgan fingerprint density at radius 1 is 1.09 bits per heavy atom. The highest BCUT2D eigenvalue weighted by atomic mass is 16.5. The van der Waals surface area contributed by atoms with Crippen molar-refractivity contribution < 1.29 is 29.0 Å². The minimum Gasteiger partial charge on any atom is -0.467 e. The average Bonchev–Trinajstić information content (AvgIpc) is 3.62. The topological polar surface area (TPSA) is 125 Å². The number of carbonyl (C=O) groups excluding carboxylic acids is 4. The minimum absolute atomic E-state index is 0.0121. The molecule has 0 spiro atoms. The molecule has 1 aliphatic heterocycles. The summed E-state index contributed by atoms with van der Waals surface area (Å²) in [5.41, 5.74) is -0.0831. The second kappa shape index (κ2) is 9.84. The van der Waals surface area contributed by atoms with Gasteiger partial charge in [0.05, 0.1) is 13.2 Å². The molecular weight excluding hydrogens is 438 g/mol. The van der Waals surface area contributed by atoms with Gasteiger partial charge in [-0.25, -0.2) is 4.79 Å². The maximum Gasteiger partial charge on any atom is 0.336 e. The number of nitrogens with zero attached hydrogens (tertiary/aromatic N) is 1. The second-order valence-electron chi connectivity index (χ2n) is 11.5. The van der Waals surface area contributed by atoms with Crippen molar-refractivity contribution in [3.63, 3.8) is 0 Å². The number of esters is 1. The van der Waals surface area contributed by atoms with Crippen molar-refractivity contribution in [2.24, 2.45) is 35.0 Å². The Morgan fingerprint density at radius 3 is 2.21 bits per heavy atom. The first kappa shape index (κ1) is 26.4. The summed E-state index contributed by atoms with van der Waals surface area (Å²) in [6, 6.07) is -2.21. The summed E-state index contributed by atoms with van der Waals surface area (Å²) in [6.45, 7) is 11.9. The van der Waals surface area contributed by atoms with E-state index in [1.54, 1.807) is 18.7 Å². The van der Waals surface area contributed by atoms with Gasteiger partial charge in [0.2, 0.25) is 17.7 Å². The quantitative estimate of drug-likeness (QED) is 0.403. The van der Waals surface area contributed by atoms with E-state index in [0.717, 1.165) is 12.8 Å². The highest BCUT2D eigenvalue weighted by Gasteiger charge is 2.69. The first-order chi connectivity index (χ1) is 15.8. The Kier molecular flexibility index (Phi) is 7.65. The van der Waals surface area contributed by atoms with E-state index in [9.17, 15) is 24.3 Å². The molecule has 0 radical (unpaired) electrons. The van der Waals surface area contributed by atoms with Crippen LogP contribution in [0.4, 0.5) is 0 Å². The molecule has 2 aliphatic carbocycles. The molecule has 3 fully saturated rings. The van der Waals surface area contributed by atoms with E-state index in [1.807, 2.05) is 13.8 Å². The molecule has 34 heavy (non-hydrogen) atoms. The van der Waals surface area contributed by atoms with Gasteiger partial charge in [0, 0.05) is 12.5 Å². The summed E-state index contributed by atoms with van der Waals surface area (Å²) in [6.07, 6.45) is 1.02. The van der Waals surface area contributed by atoms with Crippen LogP contribution in [-0.4, -0.2) is 71.6 Å². The van der Waals surface area contributed by atoms with Crippen molar-refractivity contribution in [1.29, 1.82) is 0 Å². The van der Waals surface area contributed by atoms with Crippen molar-refractivity contribution in [2.45, 2.75) is 85.0 Å². The number of hydrogen-bond donors (Lipinski definition) is 3. The van der Waals surface area contributed by atoms with Crippen LogP contribution in [0.2, 0.25) is 0 Å². The molecule has 3 rings (SSSR count). The maximum atomic E-state index is 13.6. The zero-order valence-electron chi connectivity index (χ0n) is 21.5. The number of aliphatic hydroxyl groups excluding tert-OH is 1. The molecule has 0 bridgehead atoms. The van der Waals surface area contributed by atoms with E-state index >= 15 is 0 Å². The molecule has 9 nitrogen and oxygen atoms in total. The number of methoxy groups -OCH3 is 1. The third-order valence-electron chi connectivity index (χ3n) is 7.95. The van der Waals surface area contributed by atoms with E-state index in [1.165, 1.54) is 7.11 Å². The highest BCUT2D eigenvalue weighted by Crippen LogP contribution is 2.65. The van der Waals surface area contributed by atoms with Crippen LogP contribution in [0.15, 0.2) is 0 Å². The molecule has 1 saturated heterocycles. The number of ether oxygens (including phenoxy) is 1. The highest BCUT2D eigenvalue weighted by molar-refractivity contribution is 5.94. The van der Waals surface area contributed by atoms with Gasteiger partial charge in [-0.3, -0.25) is 14.4 Å². The largest absolute Gasteiger partial charge is 0.467 e. The van der Waals surface area contributed by atoms with E-state index in [4.69, 9.17) is 4.74 Å². The normalized spacial score (nSPS) is 27.6. The first-order valence-electron chi connectivity index (χ1n) is 12.5. The van der Waals surface area contributed by atoms with E-state index in [0.29, 0.717) is 18.9 Å². The number of carbonyl (C=O) groups is 4. The number of amides is 3. The molecule has 1 heterocycles. The van der Waals surface area contributed by atoms with Gasteiger partial charge in [0.1, 0.15) is 12.1 Å². The number of aliphatic hydroxyl groups is 1. The zero-order chi connectivity index (χ0) is 25.5. The lowest BCUT2D eigenvalue weighted by Gasteiger charge is -2.35. The summed E-state index contributed by atoms with van der Waals surface area (Å²) in [4.78, 5) is 53.1. The van der Waals surface area contributed by atoms with Crippen molar-refractivity contribution in [3.05, 3.63) is 0 Å². The van der Waals surface area contributed by atoms with Crippen LogP contribution in [0.5, 0.6) is 0 Å². The third kappa shape index (κ3) is 5.24. The molecular formula is C25H41N3O6. The molecule has 3 aliphatic rings. The van der Waals surface area contributed by atoms with Gasteiger partial charge in [0.15, 0.2) is 6.10 Å². The number of rotatable bonds is 10. The Hall–Kier alpha value is -2.16. The van der Waals surface area contributed by atoms with Crippen LogP contribution in [0.3, 0.4) is 0 Å². The van der Waals surface area contributed by atoms with Crippen molar-refractivity contribution in [1.82, 2.24) is 15.5 Å². The summed E-state index contributed by atoms with van der Waals surface area (Å²) < 4.78 is 4.69. The van der Waals surface area contributed by atoms with Crippen molar-refractivity contribution >= 4 is 23.7 Å². The fourth-order valence-electron chi connectivity index (χ4n) is 5.36. The number of piperidine rings is 1. The van der Waals surface area contributed by atoms with Crippen molar-refractivity contribution in [3.8, 4) is 0 Å². The Bertz CT molecular complexity index is 821. The molecule has 3 N–H and O–H groups in total. The van der Waals surface area contributed by atoms with E-state index in [-0.39, 0.29) is 46.8 Å². The number of hydrogen-bond acceptors (Lipinski definition) is 6. The number of nitrogens with one attached hydrogen (secondary N) is 2. The summed E-state index contributed by atoms with van der Waals surface area (Å²) in [5.74, 6) is -1.50. The standard InChI is InChI=1S/C25H41N3O6/c1-12(2)18(27-21(30)13(3)4)23(32)28-11-15-17(25(15,5)6)19(28)22(31)26-16(10-14-8-9-14)20(29)24(33)34-7/h12-20,29H,8-11H2,1-7H3,(H,26,31)(H,27,30)/t15-,16?,17-,18?,19-,20?/m0/s1. The molecule has 0 aromatic heterocycles. The van der Waals surface area contributed by atoms with Gasteiger partial charge >= 0.3 is 5.97 Å². The van der Waals surface area contributed by atoms with Gasteiger partial charge < -0.3 is 25.4 Å². The first-order valence-corrected chi connectivity index (χ1v) is 12.5. The molecule has 6 atom stereocenters. The molecule has 2 saturated carbocycles. The molecule has 0 aromatic rings. The van der Waals surface area contributed by atoms with Gasteiger partial charge in [-0.15, -0.1) is 0 Å². The lowest BCUT2D eigenvalue weighted by molar-refractivity contribution is -0.153. The van der Waals surface area contributed by atoms with E-state index in [2.05, 4.69) is 24.5 Å².